The first kappa shape index (κ1) is 19.5. The van der Waals surface area contributed by atoms with Crippen molar-refractivity contribution in [3.05, 3.63) is 60.2 Å². The second kappa shape index (κ2) is 8.29. The number of amides is 2. The van der Waals surface area contributed by atoms with Crippen LogP contribution in [0.25, 0.3) is 0 Å². The number of halogens is 1. The maximum atomic E-state index is 13.3. The van der Waals surface area contributed by atoms with Gasteiger partial charge in [0.2, 0.25) is 5.91 Å². The van der Waals surface area contributed by atoms with Gasteiger partial charge in [0.1, 0.15) is 18.0 Å². The highest BCUT2D eigenvalue weighted by Gasteiger charge is 2.44. The van der Waals surface area contributed by atoms with Crippen molar-refractivity contribution in [1.82, 2.24) is 9.88 Å². The zero-order valence-electron chi connectivity index (χ0n) is 16.2. The number of aryl methyl sites for hydroxylation is 1. The molecule has 152 valence electrons. The Bertz CT molecular complexity index is 875. The van der Waals surface area contributed by atoms with Crippen molar-refractivity contribution in [2.45, 2.75) is 31.3 Å². The summed E-state index contributed by atoms with van der Waals surface area (Å²) < 4.78 is 19.2. The number of hydrogen-bond donors (Lipinski definition) is 0. The number of benzene rings is 1. The van der Waals surface area contributed by atoms with Crippen LogP contribution < -0.4 is 4.90 Å². The zero-order valence-corrected chi connectivity index (χ0v) is 16.2. The Labute approximate surface area is 169 Å². The van der Waals surface area contributed by atoms with Crippen LogP contribution in [0.5, 0.6) is 0 Å². The molecular formula is C22H24FN3O3. The predicted molar refractivity (Wildman–Crippen MR) is 106 cm³/mol. The molecule has 1 unspecified atom stereocenters. The Morgan fingerprint density at radius 2 is 2.03 bits per heavy atom. The van der Waals surface area contributed by atoms with Crippen LogP contribution in [0.3, 0.4) is 0 Å². The highest BCUT2D eigenvalue weighted by atomic mass is 19.1. The van der Waals surface area contributed by atoms with E-state index in [4.69, 9.17) is 4.74 Å². The quantitative estimate of drug-likeness (QED) is 0.796. The second-order valence-corrected chi connectivity index (χ2v) is 7.71. The molecule has 0 saturated carbocycles. The van der Waals surface area contributed by atoms with Crippen molar-refractivity contribution in [3.63, 3.8) is 0 Å². The molecule has 0 N–H and O–H groups in total. The van der Waals surface area contributed by atoms with Gasteiger partial charge in [-0.05, 0) is 55.2 Å². The van der Waals surface area contributed by atoms with Crippen LogP contribution in [0.2, 0.25) is 0 Å². The molecule has 2 fully saturated rings. The number of carbonyl (C=O) groups is 2. The highest BCUT2D eigenvalue weighted by Crippen LogP contribution is 2.32. The minimum absolute atomic E-state index is 0.0326. The van der Waals surface area contributed by atoms with E-state index in [9.17, 15) is 14.0 Å². The number of nitrogens with zero attached hydrogens (tertiary/aromatic N) is 3. The molecule has 0 bridgehead atoms. The number of piperidine rings is 1. The summed E-state index contributed by atoms with van der Waals surface area (Å²) >= 11 is 0. The van der Waals surface area contributed by atoms with Crippen LogP contribution in [0, 0.1) is 5.82 Å². The lowest BCUT2D eigenvalue weighted by atomic mass is 9.90. The van der Waals surface area contributed by atoms with Gasteiger partial charge >= 0.3 is 0 Å². The Morgan fingerprint density at radius 1 is 1.21 bits per heavy atom. The van der Waals surface area contributed by atoms with E-state index in [1.54, 1.807) is 29.4 Å². The van der Waals surface area contributed by atoms with Crippen molar-refractivity contribution in [2.24, 2.45) is 0 Å². The number of hydrogen-bond acceptors (Lipinski definition) is 4. The van der Waals surface area contributed by atoms with Crippen LogP contribution in [-0.2, 0) is 20.7 Å². The molecule has 2 aromatic rings. The summed E-state index contributed by atoms with van der Waals surface area (Å²) in [6.07, 6.45) is 6.17. The largest absolute Gasteiger partial charge is 0.361 e. The van der Waals surface area contributed by atoms with Crippen LogP contribution in [0.4, 0.5) is 10.1 Å². The Morgan fingerprint density at radius 3 is 2.79 bits per heavy atom. The number of rotatable bonds is 4. The molecule has 0 aliphatic carbocycles. The Kier molecular flexibility index (Phi) is 5.58. The number of likely N-dealkylation sites (tertiary alicyclic amines) is 1. The fraction of sp³-hybridized carbons (Fsp3) is 0.409. The van der Waals surface area contributed by atoms with Gasteiger partial charge in [0.15, 0.2) is 0 Å². The van der Waals surface area contributed by atoms with E-state index in [-0.39, 0.29) is 24.2 Å². The third-order valence-corrected chi connectivity index (χ3v) is 5.63. The van der Waals surface area contributed by atoms with E-state index in [2.05, 4.69) is 4.98 Å². The molecule has 0 radical (unpaired) electrons. The van der Waals surface area contributed by atoms with E-state index in [1.165, 1.54) is 12.1 Å². The van der Waals surface area contributed by atoms with Gasteiger partial charge in [0.05, 0.1) is 13.1 Å². The van der Waals surface area contributed by atoms with E-state index in [0.29, 0.717) is 38.2 Å². The molecule has 2 aliphatic heterocycles. The standard InChI is InChI=1S/C22H24FN3O3/c23-18-5-7-19(8-6-18)26-16-22(29-14-21(26)28)10-2-12-25(15-22)20(27)9-4-17-3-1-11-24-13-17/h1,3,5-8,11,13H,2,4,9-10,12,14-16H2. The fourth-order valence-electron chi connectivity index (χ4n) is 4.08. The monoisotopic (exact) mass is 397 g/mol. The third kappa shape index (κ3) is 4.45. The number of carbonyl (C=O) groups excluding carboxylic acids is 2. The van der Waals surface area contributed by atoms with E-state index in [1.807, 2.05) is 17.0 Å². The molecule has 1 aromatic carbocycles. The first-order chi connectivity index (χ1) is 14.0. The molecule has 29 heavy (non-hydrogen) atoms. The highest BCUT2D eigenvalue weighted by molar-refractivity contribution is 5.95. The van der Waals surface area contributed by atoms with Gasteiger partial charge in [-0.25, -0.2) is 4.39 Å². The molecule has 1 atom stereocenters. The van der Waals surface area contributed by atoms with Crippen LogP contribution >= 0.6 is 0 Å². The maximum Gasteiger partial charge on any atom is 0.253 e. The minimum atomic E-state index is -0.579. The molecule has 6 nitrogen and oxygen atoms in total. The average molecular weight is 397 g/mol. The zero-order chi connectivity index (χ0) is 20.3. The summed E-state index contributed by atoms with van der Waals surface area (Å²) in [5.74, 6) is -0.406. The molecule has 2 saturated heterocycles. The molecule has 2 aliphatic rings. The first-order valence-electron chi connectivity index (χ1n) is 9.91. The van der Waals surface area contributed by atoms with Gasteiger partial charge in [0, 0.05) is 31.0 Å². The Balaban J connectivity index is 1.42. The number of morpholine rings is 1. The van der Waals surface area contributed by atoms with Gasteiger partial charge in [-0.3, -0.25) is 14.6 Å². The molecule has 1 aromatic heterocycles. The van der Waals surface area contributed by atoms with Gasteiger partial charge in [-0.1, -0.05) is 6.07 Å². The normalized spacial score (nSPS) is 22.2. The maximum absolute atomic E-state index is 13.3. The van der Waals surface area contributed by atoms with E-state index < -0.39 is 5.60 Å². The molecule has 1 spiro atoms. The third-order valence-electron chi connectivity index (χ3n) is 5.63. The van der Waals surface area contributed by atoms with Crippen molar-refractivity contribution >= 4 is 17.5 Å². The lowest BCUT2D eigenvalue weighted by Crippen LogP contribution is -2.62. The molecule has 3 heterocycles. The van der Waals surface area contributed by atoms with E-state index >= 15 is 0 Å². The Hall–Kier alpha value is -2.80. The fourth-order valence-corrected chi connectivity index (χ4v) is 4.08. The number of ether oxygens (including phenoxy) is 1. The number of aromatic nitrogens is 1. The summed E-state index contributed by atoms with van der Waals surface area (Å²) in [7, 11) is 0. The average Bonchev–Trinajstić information content (AvgIpc) is 2.75. The van der Waals surface area contributed by atoms with E-state index in [0.717, 1.165) is 18.4 Å². The van der Waals surface area contributed by atoms with Crippen LogP contribution in [0.1, 0.15) is 24.8 Å². The lowest BCUT2D eigenvalue weighted by molar-refractivity contribution is -0.153. The van der Waals surface area contributed by atoms with Crippen molar-refractivity contribution in [1.29, 1.82) is 0 Å². The van der Waals surface area contributed by atoms with Crippen molar-refractivity contribution in [2.75, 3.05) is 31.1 Å². The molecule has 4 rings (SSSR count). The molecule has 2 amide bonds. The number of pyridine rings is 1. The van der Waals surface area contributed by atoms with Gasteiger partial charge in [0.25, 0.3) is 5.91 Å². The van der Waals surface area contributed by atoms with Crippen LogP contribution in [-0.4, -0.2) is 53.5 Å². The first-order valence-corrected chi connectivity index (χ1v) is 9.91. The van der Waals surface area contributed by atoms with Gasteiger partial charge in [-0.15, -0.1) is 0 Å². The minimum Gasteiger partial charge on any atom is -0.361 e. The topological polar surface area (TPSA) is 62.7 Å². The molecule has 7 heteroatoms. The second-order valence-electron chi connectivity index (χ2n) is 7.71. The van der Waals surface area contributed by atoms with Gasteiger partial charge < -0.3 is 14.5 Å². The summed E-state index contributed by atoms with van der Waals surface area (Å²) in [6.45, 7) is 1.49. The summed E-state index contributed by atoms with van der Waals surface area (Å²) in [5, 5.41) is 0. The predicted octanol–water partition coefficient (Wildman–Crippen LogP) is 2.58. The molecular weight excluding hydrogens is 373 g/mol. The summed E-state index contributed by atoms with van der Waals surface area (Å²) in [6, 6.07) is 9.73. The van der Waals surface area contributed by atoms with Crippen molar-refractivity contribution in [3.8, 4) is 0 Å². The summed E-state index contributed by atoms with van der Waals surface area (Å²) in [4.78, 5) is 32.8. The SMILES string of the molecule is O=C(CCc1cccnc1)N1CCCC2(C1)CN(c1ccc(F)cc1)C(=O)CO2. The lowest BCUT2D eigenvalue weighted by Gasteiger charge is -2.47. The van der Waals surface area contributed by atoms with Gasteiger partial charge in [-0.2, -0.15) is 0 Å². The summed E-state index contributed by atoms with van der Waals surface area (Å²) in [5.41, 5.74) is 1.11. The van der Waals surface area contributed by atoms with Crippen LogP contribution in [0.15, 0.2) is 48.8 Å². The van der Waals surface area contributed by atoms with Crippen molar-refractivity contribution < 1.29 is 18.7 Å². The smallest absolute Gasteiger partial charge is 0.253 e. The number of anilines is 1.